The van der Waals surface area contributed by atoms with Gasteiger partial charge in [0.05, 0.1) is 0 Å². The van der Waals surface area contributed by atoms with Gasteiger partial charge < -0.3 is 10.2 Å². The van der Waals surface area contributed by atoms with Crippen LogP contribution in [0, 0.1) is 0 Å². The van der Waals surface area contributed by atoms with Crippen LogP contribution in [-0.4, -0.2) is 39.4 Å². The van der Waals surface area contributed by atoms with Crippen LogP contribution in [0.3, 0.4) is 0 Å². The highest BCUT2D eigenvalue weighted by molar-refractivity contribution is 5.84. The summed E-state index contributed by atoms with van der Waals surface area (Å²) in [4.78, 5) is 23.6. The van der Waals surface area contributed by atoms with Crippen LogP contribution in [-0.2, 0) is 11.2 Å². The molecule has 1 aliphatic heterocycles. The number of likely N-dealkylation sites (tertiary alicyclic amines) is 1. The lowest BCUT2D eigenvalue weighted by Gasteiger charge is -2.35. The quantitative estimate of drug-likeness (QED) is 0.909. The lowest BCUT2D eigenvalue weighted by molar-refractivity contribution is -0.134. The number of nitrogens with zero attached hydrogens (tertiary/aromatic N) is 3. The first kappa shape index (κ1) is 17.4. The fourth-order valence-electron chi connectivity index (χ4n) is 3.30. The van der Waals surface area contributed by atoms with Gasteiger partial charge in [-0.25, -0.2) is 9.97 Å². The molecule has 1 saturated heterocycles. The molecule has 0 radical (unpaired) electrons. The number of carbonyl (C=O) groups is 1. The van der Waals surface area contributed by atoms with Gasteiger partial charge in [-0.15, -0.1) is 0 Å². The van der Waals surface area contributed by atoms with Crippen molar-refractivity contribution in [3.63, 3.8) is 0 Å². The van der Waals surface area contributed by atoms with Crippen molar-refractivity contribution in [3.05, 3.63) is 54.0 Å². The van der Waals surface area contributed by atoms with Crippen LogP contribution in [0.4, 0.5) is 5.82 Å². The minimum atomic E-state index is -0.292. The molecule has 2 aromatic rings. The highest BCUT2D eigenvalue weighted by Gasteiger charge is 2.27. The number of anilines is 1. The molecule has 0 saturated carbocycles. The fraction of sp³-hybridized carbons (Fsp3) is 0.450. The smallest absolute Gasteiger partial charge is 0.245 e. The lowest BCUT2D eigenvalue weighted by atomic mass is 10.0. The van der Waals surface area contributed by atoms with Gasteiger partial charge in [-0.1, -0.05) is 30.3 Å². The van der Waals surface area contributed by atoms with Gasteiger partial charge in [0.15, 0.2) is 0 Å². The number of aromatic nitrogens is 2. The van der Waals surface area contributed by atoms with Crippen LogP contribution >= 0.6 is 0 Å². The summed E-state index contributed by atoms with van der Waals surface area (Å²) in [7, 11) is 0. The van der Waals surface area contributed by atoms with Crippen LogP contribution in [0.1, 0.15) is 44.5 Å². The first-order valence-corrected chi connectivity index (χ1v) is 9.06. The summed E-state index contributed by atoms with van der Waals surface area (Å²) >= 11 is 0. The summed E-state index contributed by atoms with van der Waals surface area (Å²) in [6, 6.07) is 12.0. The van der Waals surface area contributed by atoms with Crippen molar-refractivity contribution in [3.8, 4) is 0 Å². The van der Waals surface area contributed by atoms with E-state index in [1.807, 2.05) is 36.1 Å². The summed E-state index contributed by atoms with van der Waals surface area (Å²) in [6.45, 7) is 4.89. The minimum absolute atomic E-state index is 0.149. The highest BCUT2D eigenvalue weighted by Crippen LogP contribution is 2.18. The van der Waals surface area contributed by atoms with Crippen molar-refractivity contribution in [2.24, 2.45) is 0 Å². The van der Waals surface area contributed by atoms with E-state index in [2.05, 4.69) is 34.3 Å². The molecule has 1 fully saturated rings. The van der Waals surface area contributed by atoms with Gasteiger partial charge >= 0.3 is 0 Å². The Labute approximate surface area is 149 Å². The molecular formula is C20H26N4O. The Balaban J connectivity index is 1.64. The maximum absolute atomic E-state index is 12.7. The van der Waals surface area contributed by atoms with Gasteiger partial charge in [-0.3, -0.25) is 4.79 Å². The third-order valence-electron chi connectivity index (χ3n) is 4.73. The molecule has 1 aliphatic rings. The number of benzene rings is 1. The van der Waals surface area contributed by atoms with E-state index < -0.39 is 0 Å². The molecule has 1 aromatic carbocycles. The standard InChI is InChI=1S/C20H26N4O/c1-15-8-6-7-13-24(15)20(25)16(2)22-18-11-12-21-19(23-18)14-17-9-4-3-5-10-17/h3-5,9-12,15-16H,6-8,13-14H2,1-2H3,(H,21,22,23). The molecule has 0 spiro atoms. The Kier molecular flexibility index (Phi) is 5.64. The molecule has 5 nitrogen and oxygen atoms in total. The number of nitrogens with one attached hydrogen (secondary N) is 1. The van der Waals surface area contributed by atoms with Gasteiger partial charge in [-0.2, -0.15) is 0 Å². The number of amides is 1. The number of hydrogen-bond donors (Lipinski definition) is 1. The summed E-state index contributed by atoms with van der Waals surface area (Å²) in [5.41, 5.74) is 1.17. The van der Waals surface area contributed by atoms with Gasteiger partial charge in [0.2, 0.25) is 5.91 Å². The molecule has 0 aliphatic carbocycles. The highest BCUT2D eigenvalue weighted by atomic mass is 16.2. The van der Waals surface area contributed by atoms with Crippen molar-refractivity contribution in [2.45, 2.75) is 51.6 Å². The van der Waals surface area contributed by atoms with Crippen molar-refractivity contribution in [1.29, 1.82) is 0 Å². The van der Waals surface area contributed by atoms with Crippen LogP contribution in [0.15, 0.2) is 42.6 Å². The van der Waals surface area contributed by atoms with Crippen LogP contribution in [0.2, 0.25) is 0 Å². The molecule has 5 heteroatoms. The molecule has 1 N–H and O–H groups in total. The Morgan fingerprint density at radius 3 is 2.84 bits per heavy atom. The Bertz CT molecular complexity index is 704. The predicted molar refractivity (Wildman–Crippen MR) is 99.4 cm³/mol. The first-order valence-electron chi connectivity index (χ1n) is 9.06. The molecular weight excluding hydrogens is 312 g/mol. The van der Waals surface area contributed by atoms with Crippen molar-refractivity contribution < 1.29 is 4.79 Å². The lowest BCUT2D eigenvalue weighted by Crippen LogP contribution is -2.48. The van der Waals surface area contributed by atoms with Crippen LogP contribution in [0.25, 0.3) is 0 Å². The number of piperidine rings is 1. The van der Waals surface area contributed by atoms with E-state index in [1.165, 1.54) is 12.0 Å². The molecule has 1 aromatic heterocycles. The normalized spacial score (nSPS) is 18.6. The van der Waals surface area contributed by atoms with E-state index in [0.29, 0.717) is 18.3 Å². The molecule has 2 atom stereocenters. The van der Waals surface area contributed by atoms with Gasteiger partial charge in [0.25, 0.3) is 0 Å². The Morgan fingerprint density at radius 1 is 1.28 bits per heavy atom. The van der Waals surface area contributed by atoms with E-state index in [9.17, 15) is 4.79 Å². The number of carbonyl (C=O) groups excluding carboxylic acids is 1. The zero-order valence-electron chi connectivity index (χ0n) is 15.0. The van der Waals surface area contributed by atoms with E-state index >= 15 is 0 Å². The fourth-order valence-corrected chi connectivity index (χ4v) is 3.30. The van der Waals surface area contributed by atoms with Crippen molar-refractivity contribution in [1.82, 2.24) is 14.9 Å². The van der Waals surface area contributed by atoms with Gasteiger partial charge in [0.1, 0.15) is 17.7 Å². The second kappa shape index (κ2) is 8.10. The van der Waals surface area contributed by atoms with Crippen LogP contribution in [0.5, 0.6) is 0 Å². The van der Waals surface area contributed by atoms with Gasteiger partial charge in [-0.05, 0) is 44.7 Å². The zero-order valence-corrected chi connectivity index (χ0v) is 15.0. The van der Waals surface area contributed by atoms with Gasteiger partial charge in [0, 0.05) is 25.2 Å². The Hall–Kier alpha value is -2.43. The molecule has 132 valence electrons. The average molecular weight is 338 g/mol. The first-order chi connectivity index (χ1) is 12.1. The molecule has 25 heavy (non-hydrogen) atoms. The summed E-state index contributed by atoms with van der Waals surface area (Å²) in [5.74, 6) is 1.60. The number of rotatable bonds is 5. The zero-order chi connectivity index (χ0) is 17.6. The minimum Gasteiger partial charge on any atom is -0.359 e. The van der Waals surface area contributed by atoms with Crippen molar-refractivity contribution >= 4 is 11.7 Å². The molecule has 2 unspecified atom stereocenters. The topological polar surface area (TPSA) is 58.1 Å². The average Bonchev–Trinajstić information content (AvgIpc) is 2.63. The third-order valence-corrected chi connectivity index (χ3v) is 4.73. The molecule has 3 rings (SSSR count). The van der Waals surface area contributed by atoms with E-state index in [1.54, 1.807) is 6.20 Å². The molecule has 1 amide bonds. The largest absolute Gasteiger partial charge is 0.359 e. The monoisotopic (exact) mass is 338 g/mol. The van der Waals surface area contributed by atoms with E-state index in [0.717, 1.165) is 25.2 Å². The van der Waals surface area contributed by atoms with E-state index in [4.69, 9.17) is 0 Å². The maximum atomic E-state index is 12.7. The second-order valence-corrected chi connectivity index (χ2v) is 6.76. The maximum Gasteiger partial charge on any atom is 0.245 e. The number of hydrogen-bond acceptors (Lipinski definition) is 4. The predicted octanol–water partition coefficient (Wildman–Crippen LogP) is 3.27. The Morgan fingerprint density at radius 2 is 2.08 bits per heavy atom. The molecule has 0 bridgehead atoms. The summed E-state index contributed by atoms with van der Waals surface area (Å²) in [6.07, 6.45) is 5.82. The third kappa shape index (κ3) is 4.56. The van der Waals surface area contributed by atoms with E-state index in [-0.39, 0.29) is 11.9 Å². The van der Waals surface area contributed by atoms with Crippen LogP contribution < -0.4 is 5.32 Å². The van der Waals surface area contributed by atoms with Crippen molar-refractivity contribution in [2.75, 3.05) is 11.9 Å². The second-order valence-electron chi connectivity index (χ2n) is 6.76. The summed E-state index contributed by atoms with van der Waals surface area (Å²) < 4.78 is 0. The molecule has 2 heterocycles. The SMILES string of the molecule is CC(Nc1ccnc(Cc2ccccc2)n1)C(=O)N1CCCCC1C. The summed E-state index contributed by atoms with van der Waals surface area (Å²) in [5, 5.41) is 3.24.